The number of aliphatic hydroxyl groups excluding tert-OH is 1. The van der Waals surface area contributed by atoms with Gasteiger partial charge in [-0.05, 0) is 34.8 Å². The molecule has 0 aromatic heterocycles. The largest absolute Gasteiger partial charge is 0.393 e. The number of nitro benzene ring substituents is 1. The number of nitrogens with one attached hydrogen (secondary N) is 1. The molecule has 0 bridgehead atoms. The molecule has 1 saturated carbocycles. The normalized spacial score (nSPS) is 22.6. The highest BCUT2D eigenvalue weighted by Gasteiger charge is 2.24. The lowest BCUT2D eigenvalue weighted by molar-refractivity contribution is -0.384. The van der Waals surface area contributed by atoms with E-state index in [1.165, 1.54) is 6.07 Å². The highest BCUT2D eigenvalue weighted by atomic mass is 79.9. The third-order valence-corrected chi connectivity index (χ3v) is 4.27. The Bertz CT molecular complexity index is 513. The van der Waals surface area contributed by atoms with Crippen LogP contribution in [0.15, 0.2) is 16.6 Å². The number of rotatable bonds is 4. The van der Waals surface area contributed by atoms with Crippen LogP contribution in [0.3, 0.4) is 0 Å². The van der Waals surface area contributed by atoms with Crippen molar-refractivity contribution in [1.82, 2.24) is 0 Å². The Morgan fingerprint density at radius 1 is 1.45 bits per heavy atom. The first-order valence-electron chi connectivity index (χ1n) is 6.54. The maximum Gasteiger partial charge on any atom is 0.295 e. The Morgan fingerprint density at radius 3 is 2.80 bits per heavy atom. The summed E-state index contributed by atoms with van der Waals surface area (Å²) in [7, 11) is 0. The van der Waals surface area contributed by atoms with E-state index in [4.69, 9.17) is 0 Å². The predicted octanol–water partition coefficient (Wildman–Crippen LogP) is 3.46. The first-order chi connectivity index (χ1) is 9.49. The molecule has 2 atom stereocenters. The van der Waals surface area contributed by atoms with E-state index < -0.39 is 10.7 Å². The van der Waals surface area contributed by atoms with E-state index in [2.05, 4.69) is 21.2 Å². The van der Waals surface area contributed by atoms with Gasteiger partial charge in [-0.15, -0.1) is 0 Å². The van der Waals surface area contributed by atoms with Crippen LogP contribution in [0.1, 0.15) is 25.7 Å². The van der Waals surface area contributed by atoms with Gasteiger partial charge >= 0.3 is 0 Å². The lowest BCUT2D eigenvalue weighted by Gasteiger charge is -2.27. The van der Waals surface area contributed by atoms with Crippen molar-refractivity contribution < 1.29 is 14.4 Å². The minimum atomic E-state index is -0.667. The van der Waals surface area contributed by atoms with E-state index in [-0.39, 0.29) is 27.9 Å². The molecule has 1 aliphatic rings. The quantitative estimate of drug-likeness (QED) is 0.646. The van der Waals surface area contributed by atoms with Crippen molar-refractivity contribution >= 4 is 27.3 Å². The highest BCUT2D eigenvalue weighted by molar-refractivity contribution is 9.10. The summed E-state index contributed by atoms with van der Waals surface area (Å²) >= 11 is 3.02. The van der Waals surface area contributed by atoms with Gasteiger partial charge in [0.1, 0.15) is 11.5 Å². The molecule has 110 valence electrons. The van der Waals surface area contributed by atoms with E-state index in [1.54, 1.807) is 0 Å². The summed E-state index contributed by atoms with van der Waals surface area (Å²) in [5.74, 6) is -0.591. The maximum atomic E-state index is 13.4. The molecule has 0 aliphatic heterocycles. The van der Waals surface area contributed by atoms with Gasteiger partial charge < -0.3 is 10.4 Å². The lowest BCUT2D eigenvalue weighted by atomic mass is 9.86. The van der Waals surface area contributed by atoms with Gasteiger partial charge in [-0.3, -0.25) is 10.1 Å². The summed E-state index contributed by atoms with van der Waals surface area (Å²) < 4.78 is 13.5. The first kappa shape index (κ1) is 15.2. The van der Waals surface area contributed by atoms with E-state index in [1.807, 2.05) is 0 Å². The molecular weight excluding hydrogens is 331 g/mol. The zero-order valence-electron chi connectivity index (χ0n) is 10.8. The van der Waals surface area contributed by atoms with Gasteiger partial charge in [0.25, 0.3) is 5.69 Å². The Hall–Kier alpha value is -1.21. The molecule has 0 saturated heterocycles. The Labute approximate surface area is 124 Å². The Kier molecular flexibility index (Phi) is 4.93. The Balaban J connectivity index is 2.12. The number of benzene rings is 1. The molecule has 1 aromatic rings. The summed E-state index contributed by atoms with van der Waals surface area (Å²) in [6.45, 7) is 0.445. The van der Waals surface area contributed by atoms with Gasteiger partial charge in [0.15, 0.2) is 0 Å². The van der Waals surface area contributed by atoms with Crippen molar-refractivity contribution in [3.63, 3.8) is 0 Å². The van der Waals surface area contributed by atoms with Crippen LogP contribution in [0.4, 0.5) is 15.8 Å². The summed E-state index contributed by atoms with van der Waals surface area (Å²) in [5, 5.41) is 23.8. The summed E-state index contributed by atoms with van der Waals surface area (Å²) in [5.41, 5.74) is -0.0305. The number of aliphatic hydroxyl groups is 1. The van der Waals surface area contributed by atoms with Crippen molar-refractivity contribution in [2.75, 3.05) is 11.9 Å². The molecule has 7 heteroatoms. The summed E-state index contributed by atoms with van der Waals surface area (Å²) in [4.78, 5) is 10.3. The molecule has 0 amide bonds. The number of anilines is 1. The van der Waals surface area contributed by atoms with Crippen LogP contribution in [0.2, 0.25) is 0 Å². The van der Waals surface area contributed by atoms with Gasteiger partial charge in [-0.1, -0.05) is 12.8 Å². The smallest absolute Gasteiger partial charge is 0.295 e. The van der Waals surface area contributed by atoms with Crippen LogP contribution in [0.5, 0.6) is 0 Å². The van der Waals surface area contributed by atoms with Crippen molar-refractivity contribution in [3.05, 3.63) is 32.5 Å². The fourth-order valence-electron chi connectivity index (χ4n) is 2.50. The molecule has 1 fully saturated rings. The second-order valence-corrected chi connectivity index (χ2v) is 5.89. The minimum absolute atomic E-state index is 0.0761. The molecule has 20 heavy (non-hydrogen) atoms. The predicted molar refractivity (Wildman–Crippen MR) is 77.2 cm³/mol. The van der Waals surface area contributed by atoms with E-state index in [9.17, 15) is 19.6 Å². The van der Waals surface area contributed by atoms with Crippen LogP contribution in [0, 0.1) is 21.8 Å². The third kappa shape index (κ3) is 3.46. The molecule has 1 aliphatic carbocycles. The molecule has 5 nitrogen and oxygen atoms in total. The SMILES string of the molecule is O=[N+]([O-])c1cc(F)c(Br)cc1NCC1CCCCC1O. The molecule has 2 unspecified atom stereocenters. The average Bonchev–Trinajstić information content (AvgIpc) is 2.41. The third-order valence-electron chi connectivity index (χ3n) is 3.66. The number of halogens is 2. The van der Waals surface area contributed by atoms with Crippen molar-refractivity contribution in [3.8, 4) is 0 Å². The molecular formula is C13H16BrFN2O3. The molecule has 0 heterocycles. The van der Waals surface area contributed by atoms with Crippen LogP contribution < -0.4 is 5.32 Å². The number of nitrogens with zero attached hydrogens (tertiary/aromatic N) is 1. The van der Waals surface area contributed by atoms with Crippen molar-refractivity contribution in [1.29, 1.82) is 0 Å². The lowest BCUT2D eigenvalue weighted by Crippen LogP contribution is -2.30. The van der Waals surface area contributed by atoms with Crippen LogP contribution >= 0.6 is 15.9 Å². The van der Waals surface area contributed by atoms with Crippen molar-refractivity contribution in [2.45, 2.75) is 31.8 Å². The summed E-state index contributed by atoms with van der Waals surface area (Å²) in [6.07, 6.45) is 3.35. The van der Waals surface area contributed by atoms with Crippen LogP contribution in [-0.2, 0) is 0 Å². The van der Waals surface area contributed by atoms with Crippen LogP contribution in [0.25, 0.3) is 0 Å². The average molecular weight is 347 g/mol. The van der Waals surface area contributed by atoms with Gasteiger partial charge in [0.2, 0.25) is 0 Å². The number of nitro groups is 1. The first-order valence-corrected chi connectivity index (χ1v) is 7.33. The molecule has 2 rings (SSSR count). The highest BCUT2D eigenvalue weighted by Crippen LogP contribution is 2.32. The number of hydrogen-bond acceptors (Lipinski definition) is 4. The molecule has 1 aromatic carbocycles. The fraction of sp³-hybridized carbons (Fsp3) is 0.538. The van der Waals surface area contributed by atoms with Gasteiger partial charge in [0.05, 0.1) is 21.6 Å². The zero-order chi connectivity index (χ0) is 14.7. The van der Waals surface area contributed by atoms with Gasteiger partial charge in [-0.2, -0.15) is 0 Å². The van der Waals surface area contributed by atoms with Gasteiger partial charge in [0, 0.05) is 12.5 Å². The zero-order valence-corrected chi connectivity index (χ0v) is 12.4. The van der Waals surface area contributed by atoms with E-state index >= 15 is 0 Å². The second-order valence-electron chi connectivity index (χ2n) is 5.03. The monoisotopic (exact) mass is 346 g/mol. The minimum Gasteiger partial charge on any atom is -0.393 e. The maximum absolute atomic E-state index is 13.4. The molecule has 0 radical (unpaired) electrons. The Morgan fingerprint density at radius 2 is 2.15 bits per heavy atom. The van der Waals surface area contributed by atoms with Gasteiger partial charge in [-0.25, -0.2) is 4.39 Å². The van der Waals surface area contributed by atoms with E-state index in [0.717, 1.165) is 31.7 Å². The van der Waals surface area contributed by atoms with E-state index in [0.29, 0.717) is 6.54 Å². The summed E-state index contributed by atoms with van der Waals surface area (Å²) in [6, 6.07) is 2.26. The fourth-order valence-corrected chi connectivity index (χ4v) is 2.84. The van der Waals surface area contributed by atoms with Crippen LogP contribution in [-0.4, -0.2) is 22.7 Å². The van der Waals surface area contributed by atoms with Crippen molar-refractivity contribution in [2.24, 2.45) is 5.92 Å². The molecule has 0 spiro atoms. The second kappa shape index (κ2) is 6.49. The standard InChI is InChI=1S/C13H16BrFN2O3/c14-9-5-11(12(17(19)20)6-10(9)15)16-7-8-3-1-2-4-13(8)18/h5-6,8,13,16,18H,1-4,7H2. The topological polar surface area (TPSA) is 75.4 Å². The molecule has 2 N–H and O–H groups in total. The number of hydrogen-bond donors (Lipinski definition) is 2.